The first-order valence-corrected chi connectivity index (χ1v) is 11.9. The van der Waals surface area contributed by atoms with Crippen LogP contribution in [0.5, 0.6) is 0 Å². The maximum absolute atomic E-state index is 13.0. The molecule has 2 amide bonds. The minimum absolute atomic E-state index is 0.0328. The summed E-state index contributed by atoms with van der Waals surface area (Å²) in [6.45, 7) is 3.10. The lowest BCUT2D eigenvalue weighted by atomic mass is 9.49. The number of rotatable bonds is 6. The smallest absolute Gasteiger partial charge is 0.239 e. The molecule has 0 unspecified atom stereocenters. The summed E-state index contributed by atoms with van der Waals surface area (Å²) in [6.07, 6.45) is 9.08. The van der Waals surface area contributed by atoms with Gasteiger partial charge in [0, 0.05) is 31.1 Å². The molecule has 0 atom stereocenters. The van der Waals surface area contributed by atoms with Gasteiger partial charge >= 0.3 is 0 Å². The van der Waals surface area contributed by atoms with Crippen molar-refractivity contribution in [3.8, 4) is 0 Å². The summed E-state index contributed by atoms with van der Waals surface area (Å²) in [4.78, 5) is 27.9. The molecule has 30 heavy (non-hydrogen) atoms. The number of nitrogens with zero attached hydrogens (tertiary/aromatic N) is 1. The van der Waals surface area contributed by atoms with E-state index in [2.05, 4.69) is 39.8 Å². The van der Waals surface area contributed by atoms with Crippen molar-refractivity contribution >= 4 is 11.8 Å². The molecule has 1 heterocycles. The van der Waals surface area contributed by atoms with E-state index in [0.717, 1.165) is 69.5 Å². The molecule has 1 aromatic rings. The quantitative estimate of drug-likeness (QED) is 0.759. The lowest BCUT2D eigenvalue weighted by Crippen LogP contribution is -2.55. The van der Waals surface area contributed by atoms with E-state index in [1.165, 1.54) is 24.8 Å². The fourth-order valence-corrected chi connectivity index (χ4v) is 7.09. The molecule has 5 heteroatoms. The van der Waals surface area contributed by atoms with Gasteiger partial charge in [-0.3, -0.25) is 14.5 Å². The zero-order chi connectivity index (χ0) is 20.6. The minimum Gasteiger partial charge on any atom is -0.352 e. The summed E-state index contributed by atoms with van der Waals surface area (Å²) >= 11 is 0. The second kappa shape index (κ2) is 8.33. The molecule has 5 aliphatic rings. The van der Waals surface area contributed by atoms with Crippen molar-refractivity contribution < 1.29 is 9.59 Å². The number of hydrogen-bond donors (Lipinski definition) is 2. The number of nitrogens with one attached hydrogen (secondary N) is 2. The number of carbonyl (C=O) groups excluding carboxylic acids is 2. The third-order valence-electron chi connectivity index (χ3n) is 8.13. The van der Waals surface area contributed by atoms with Crippen molar-refractivity contribution in [3.05, 3.63) is 35.9 Å². The van der Waals surface area contributed by atoms with Crippen molar-refractivity contribution in [1.82, 2.24) is 15.5 Å². The maximum Gasteiger partial charge on any atom is 0.239 e. The van der Waals surface area contributed by atoms with Gasteiger partial charge in [-0.25, -0.2) is 0 Å². The Morgan fingerprint density at radius 3 is 2.13 bits per heavy atom. The van der Waals surface area contributed by atoms with Crippen LogP contribution in [0.25, 0.3) is 0 Å². The number of likely N-dealkylation sites (tertiary alicyclic amines) is 1. The van der Waals surface area contributed by atoms with Crippen LogP contribution in [-0.4, -0.2) is 42.4 Å². The van der Waals surface area contributed by atoms with Gasteiger partial charge in [-0.05, 0) is 74.7 Å². The molecule has 4 bridgehead atoms. The molecule has 2 N–H and O–H groups in total. The van der Waals surface area contributed by atoms with Crippen molar-refractivity contribution in [2.24, 2.45) is 23.2 Å². The van der Waals surface area contributed by atoms with Gasteiger partial charge in [-0.2, -0.15) is 0 Å². The first-order chi connectivity index (χ1) is 14.6. The summed E-state index contributed by atoms with van der Waals surface area (Å²) in [5.41, 5.74) is 1.17. The Bertz CT molecular complexity index is 735. The summed E-state index contributed by atoms with van der Waals surface area (Å²) in [6, 6.07) is 10.8. The van der Waals surface area contributed by atoms with Crippen molar-refractivity contribution in [1.29, 1.82) is 0 Å². The molecule has 1 saturated heterocycles. The van der Waals surface area contributed by atoms with Gasteiger partial charge in [0.05, 0.1) is 6.54 Å². The Labute approximate surface area is 180 Å². The number of carbonyl (C=O) groups is 2. The monoisotopic (exact) mass is 409 g/mol. The fourth-order valence-electron chi connectivity index (χ4n) is 7.09. The molecule has 6 rings (SSSR count). The maximum atomic E-state index is 13.0. The minimum atomic E-state index is -0.169. The lowest BCUT2D eigenvalue weighted by molar-refractivity contribution is -0.147. The van der Waals surface area contributed by atoms with Gasteiger partial charge in [-0.15, -0.1) is 0 Å². The molecule has 162 valence electrons. The SMILES string of the molecule is O=C(CNC(=O)C12CC3CC(CC(C3)C1)C2)NC1CCN(Cc2ccccc2)CC1. The van der Waals surface area contributed by atoms with E-state index in [9.17, 15) is 9.59 Å². The van der Waals surface area contributed by atoms with E-state index >= 15 is 0 Å². The highest BCUT2D eigenvalue weighted by Gasteiger charge is 2.54. The number of benzene rings is 1. The van der Waals surface area contributed by atoms with Gasteiger partial charge in [0.1, 0.15) is 0 Å². The zero-order valence-corrected chi connectivity index (χ0v) is 17.9. The average Bonchev–Trinajstić information content (AvgIpc) is 2.73. The molecule has 1 aliphatic heterocycles. The highest BCUT2D eigenvalue weighted by atomic mass is 16.2. The summed E-state index contributed by atoms with van der Waals surface area (Å²) in [7, 11) is 0. The van der Waals surface area contributed by atoms with Crippen molar-refractivity contribution in [3.63, 3.8) is 0 Å². The summed E-state index contributed by atoms with van der Waals surface area (Å²) in [5, 5.41) is 6.16. The zero-order valence-electron chi connectivity index (χ0n) is 17.9. The Kier molecular flexibility index (Phi) is 5.57. The van der Waals surface area contributed by atoms with E-state index in [4.69, 9.17) is 0 Å². The van der Waals surface area contributed by atoms with Gasteiger partial charge in [0.25, 0.3) is 0 Å². The van der Waals surface area contributed by atoms with E-state index in [0.29, 0.717) is 0 Å². The first-order valence-electron chi connectivity index (χ1n) is 11.9. The molecule has 4 aliphatic carbocycles. The lowest BCUT2D eigenvalue weighted by Gasteiger charge is -2.55. The van der Waals surface area contributed by atoms with Crippen LogP contribution in [0.1, 0.15) is 56.9 Å². The van der Waals surface area contributed by atoms with Crippen LogP contribution >= 0.6 is 0 Å². The van der Waals surface area contributed by atoms with Crippen LogP contribution in [0, 0.1) is 23.2 Å². The van der Waals surface area contributed by atoms with Crippen LogP contribution in [0.2, 0.25) is 0 Å². The second-order valence-corrected chi connectivity index (χ2v) is 10.5. The molecule has 1 aromatic carbocycles. The van der Waals surface area contributed by atoms with Crippen LogP contribution in [0.15, 0.2) is 30.3 Å². The van der Waals surface area contributed by atoms with Crippen LogP contribution in [0.3, 0.4) is 0 Å². The van der Waals surface area contributed by atoms with Gasteiger partial charge in [0.15, 0.2) is 0 Å². The molecular formula is C25H35N3O2. The Balaban J connectivity index is 1.05. The second-order valence-electron chi connectivity index (χ2n) is 10.5. The normalized spacial score (nSPS) is 33.4. The Morgan fingerprint density at radius 2 is 1.53 bits per heavy atom. The highest BCUT2D eigenvalue weighted by Crippen LogP contribution is 2.60. The largest absolute Gasteiger partial charge is 0.352 e. The van der Waals surface area contributed by atoms with Crippen molar-refractivity contribution in [2.45, 2.75) is 64.0 Å². The van der Waals surface area contributed by atoms with E-state index in [1.807, 2.05) is 6.07 Å². The van der Waals surface area contributed by atoms with Gasteiger partial charge in [-0.1, -0.05) is 30.3 Å². The molecule has 5 nitrogen and oxygen atoms in total. The predicted molar refractivity (Wildman–Crippen MR) is 116 cm³/mol. The Morgan fingerprint density at radius 1 is 0.933 bits per heavy atom. The van der Waals surface area contributed by atoms with Crippen LogP contribution in [-0.2, 0) is 16.1 Å². The van der Waals surface area contributed by atoms with E-state index in [-0.39, 0.29) is 29.8 Å². The van der Waals surface area contributed by atoms with Crippen molar-refractivity contribution in [2.75, 3.05) is 19.6 Å². The summed E-state index contributed by atoms with van der Waals surface area (Å²) < 4.78 is 0. The molecule has 0 aromatic heterocycles. The molecule has 4 saturated carbocycles. The number of piperidine rings is 1. The fraction of sp³-hybridized carbons (Fsp3) is 0.680. The van der Waals surface area contributed by atoms with E-state index < -0.39 is 0 Å². The van der Waals surface area contributed by atoms with Crippen LogP contribution < -0.4 is 10.6 Å². The first kappa shape index (κ1) is 20.0. The molecular weight excluding hydrogens is 374 g/mol. The number of amides is 2. The molecule has 5 fully saturated rings. The number of hydrogen-bond acceptors (Lipinski definition) is 3. The average molecular weight is 410 g/mol. The van der Waals surface area contributed by atoms with Gasteiger partial charge < -0.3 is 10.6 Å². The van der Waals surface area contributed by atoms with Crippen LogP contribution in [0.4, 0.5) is 0 Å². The highest BCUT2D eigenvalue weighted by molar-refractivity contribution is 5.88. The topological polar surface area (TPSA) is 61.4 Å². The Hall–Kier alpha value is -1.88. The molecule has 0 spiro atoms. The predicted octanol–water partition coefficient (Wildman–Crippen LogP) is 3.10. The third-order valence-corrected chi connectivity index (χ3v) is 8.13. The molecule has 0 radical (unpaired) electrons. The standard InChI is InChI=1S/C25H35N3O2/c29-23(27-22-6-8-28(9-7-22)17-18-4-2-1-3-5-18)16-26-24(30)25-13-19-10-20(14-25)12-21(11-19)15-25/h1-5,19-22H,6-17H2,(H,26,30)(H,27,29). The van der Waals surface area contributed by atoms with Gasteiger partial charge in [0.2, 0.25) is 11.8 Å². The summed E-state index contributed by atoms with van der Waals surface area (Å²) in [5.74, 6) is 2.36. The third kappa shape index (κ3) is 4.27. The van der Waals surface area contributed by atoms with E-state index in [1.54, 1.807) is 0 Å².